The number of methoxy groups -OCH3 is 1. The van der Waals surface area contributed by atoms with Crippen LogP contribution in [-0.4, -0.2) is 86.0 Å². The molecule has 0 aliphatic carbocycles. The van der Waals surface area contributed by atoms with Gasteiger partial charge in [-0.1, -0.05) is 29.3 Å². The van der Waals surface area contributed by atoms with Gasteiger partial charge in [-0.2, -0.15) is 0 Å². The van der Waals surface area contributed by atoms with Crippen molar-refractivity contribution >= 4 is 41.1 Å². The summed E-state index contributed by atoms with van der Waals surface area (Å²) in [5.41, 5.74) is 0.813. The van der Waals surface area contributed by atoms with Gasteiger partial charge < -0.3 is 19.4 Å². The number of amides is 2. The Kier molecular flexibility index (Phi) is 10.5. The molecule has 2 aliphatic rings. The minimum atomic E-state index is -0.0902. The minimum absolute atomic E-state index is 0.0902. The van der Waals surface area contributed by atoms with E-state index in [1.54, 1.807) is 30.2 Å². The van der Waals surface area contributed by atoms with Gasteiger partial charge in [-0.05, 0) is 75.0 Å². The minimum Gasteiger partial charge on any atom is -0.384 e. The fourth-order valence-corrected chi connectivity index (χ4v) is 4.77. The van der Waals surface area contributed by atoms with Crippen LogP contribution in [0, 0.1) is 5.92 Å². The predicted molar refractivity (Wildman–Crippen MR) is 134 cm³/mol. The van der Waals surface area contributed by atoms with E-state index < -0.39 is 0 Å². The molecule has 0 spiro atoms. The molecule has 1 aromatic rings. The molecule has 2 aliphatic heterocycles. The van der Waals surface area contributed by atoms with Gasteiger partial charge in [0.1, 0.15) is 0 Å². The number of rotatable bonds is 9. The van der Waals surface area contributed by atoms with Crippen molar-refractivity contribution < 1.29 is 14.3 Å². The highest BCUT2D eigenvalue weighted by molar-refractivity contribution is 6.42. The zero-order valence-corrected chi connectivity index (χ0v) is 21.0. The molecule has 2 saturated heterocycles. The highest BCUT2D eigenvalue weighted by Gasteiger charge is 2.23. The van der Waals surface area contributed by atoms with E-state index >= 15 is 0 Å². The van der Waals surface area contributed by atoms with Crippen molar-refractivity contribution in [2.45, 2.75) is 32.1 Å². The molecule has 0 radical (unpaired) electrons. The number of hydrogen-bond acceptors (Lipinski definition) is 4. The summed E-state index contributed by atoms with van der Waals surface area (Å²) < 4.78 is 5.27. The number of ether oxygens (including phenoxy) is 1. The lowest BCUT2D eigenvalue weighted by Gasteiger charge is -2.31. The van der Waals surface area contributed by atoms with E-state index in [0.29, 0.717) is 42.0 Å². The lowest BCUT2D eigenvalue weighted by atomic mass is 9.97. The van der Waals surface area contributed by atoms with Crippen molar-refractivity contribution in [1.82, 2.24) is 14.7 Å². The second-order valence-corrected chi connectivity index (χ2v) is 9.72. The van der Waals surface area contributed by atoms with Crippen LogP contribution in [0.3, 0.4) is 0 Å². The molecule has 2 heterocycles. The quantitative estimate of drug-likeness (QED) is 0.380. The van der Waals surface area contributed by atoms with Crippen molar-refractivity contribution in [3.05, 3.63) is 39.9 Å². The lowest BCUT2D eigenvalue weighted by Crippen LogP contribution is -2.37. The molecule has 6 nitrogen and oxygen atoms in total. The Labute approximate surface area is 207 Å². The standard InChI is InChI=1S/C25H35Cl2N3O3/c1-33-19-21-8-13-28(14-9-21)11-2-3-12-29-16-17-30(15-10-25(29)32)24(31)7-5-20-4-6-22(26)23(27)18-20/h4-7,18,21H,2-3,8-17,19H2,1H3/b7-5+. The van der Waals surface area contributed by atoms with Crippen molar-refractivity contribution in [3.63, 3.8) is 0 Å². The fraction of sp³-hybridized carbons (Fsp3) is 0.600. The first kappa shape index (κ1) is 26.0. The molecule has 0 aromatic heterocycles. The monoisotopic (exact) mass is 495 g/mol. The summed E-state index contributed by atoms with van der Waals surface area (Å²) in [5, 5.41) is 0.941. The third kappa shape index (κ3) is 8.29. The van der Waals surface area contributed by atoms with Crippen LogP contribution >= 0.6 is 23.2 Å². The average Bonchev–Trinajstić information content (AvgIpc) is 3.00. The van der Waals surface area contributed by atoms with E-state index in [2.05, 4.69) is 4.90 Å². The average molecular weight is 496 g/mol. The summed E-state index contributed by atoms with van der Waals surface area (Å²) in [6.07, 6.45) is 8.15. The van der Waals surface area contributed by atoms with Gasteiger partial charge in [0.25, 0.3) is 0 Å². The molecule has 0 saturated carbocycles. The molecule has 8 heteroatoms. The molecule has 2 amide bonds. The summed E-state index contributed by atoms with van der Waals surface area (Å²) in [6.45, 7) is 6.61. The molecule has 0 N–H and O–H groups in total. The summed E-state index contributed by atoms with van der Waals surface area (Å²) in [7, 11) is 1.78. The maximum Gasteiger partial charge on any atom is 0.246 e. The van der Waals surface area contributed by atoms with Crippen molar-refractivity contribution in [3.8, 4) is 0 Å². The fourth-order valence-electron chi connectivity index (χ4n) is 4.46. The summed E-state index contributed by atoms with van der Waals surface area (Å²) in [4.78, 5) is 31.4. The maximum atomic E-state index is 12.6. The first-order valence-electron chi connectivity index (χ1n) is 11.9. The molecule has 1 aromatic carbocycles. The molecule has 0 bridgehead atoms. The molecule has 3 rings (SSSR count). The summed E-state index contributed by atoms with van der Waals surface area (Å²) in [5.74, 6) is 0.747. The van der Waals surface area contributed by atoms with Crippen LogP contribution in [0.15, 0.2) is 24.3 Å². The van der Waals surface area contributed by atoms with Crippen LogP contribution in [0.4, 0.5) is 0 Å². The number of hydrogen-bond donors (Lipinski definition) is 0. The Balaban J connectivity index is 1.38. The highest BCUT2D eigenvalue weighted by Crippen LogP contribution is 2.23. The number of carbonyl (C=O) groups excluding carboxylic acids is 2. The van der Waals surface area contributed by atoms with Crippen LogP contribution in [0.5, 0.6) is 0 Å². The van der Waals surface area contributed by atoms with Crippen LogP contribution < -0.4 is 0 Å². The largest absolute Gasteiger partial charge is 0.384 e. The molecular weight excluding hydrogens is 461 g/mol. The zero-order chi connectivity index (χ0) is 23.6. The number of nitrogens with zero attached hydrogens (tertiary/aromatic N) is 3. The Morgan fingerprint density at radius 1 is 1.06 bits per heavy atom. The SMILES string of the molecule is COCC1CCN(CCCCN2CCN(C(=O)/C=C/c3ccc(Cl)c(Cl)c3)CCC2=O)CC1. The van der Waals surface area contributed by atoms with E-state index in [0.717, 1.165) is 51.2 Å². The van der Waals surface area contributed by atoms with Gasteiger partial charge in [-0.3, -0.25) is 9.59 Å². The molecule has 0 unspecified atom stereocenters. The molecular formula is C25H35Cl2N3O3. The summed E-state index contributed by atoms with van der Waals surface area (Å²) >= 11 is 12.0. The Hall–Kier alpha value is -1.60. The van der Waals surface area contributed by atoms with Gasteiger partial charge >= 0.3 is 0 Å². The first-order valence-corrected chi connectivity index (χ1v) is 12.6. The van der Waals surface area contributed by atoms with Gasteiger partial charge in [0, 0.05) is 52.4 Å². The van der Waals surface area contributed by atoms with E-state index in [9.17, 15) is 9.59 Å². The third-order valence-corrected chi connectivity index (χ3v) is 7.26. The number of unbranched alkanes of at least 4 members (excludes halogenated alkanes) is 1. The second-order valence-electron chi connectivity index (χ2n) is 8.91. The van der Waals surface area contributed by atoms with Crippen molar-refractivity contribution in [2.75, 3.05) is 59.5 Å². The number of carbonyl (C=O) groups is 2. The first-order chi connectivity index (χ1) is 16.0. The van der Waals surface area contributed by atoms with Gasteiger partial charge in [0.05, 0.1) is 10.0 Å². The number of piperidine rings is 1. The lowest BCUT2D eigenvalue weighted by molar-refractivity contribution is -0.130. The predicted octanol–water partition coefficient (Wildman–Crippen LogP) is 4.21. The smallest absolute Gasteiger partial charge is 0.246 e. The van der Waals surface area contributed by atoms with Crippen LogP contribution in [-0.2, 0) is 14.3 Å². The van der Waals surface area contributed by atoms with Gasteiger partial charge in [0.15, 0.2) is 0 Å². The number of likely N-dealkylation sites (tertiary alicyclic amines) is 1. The van der Waals surface area contributed by atoms with Crippen LogP contribution in [0.2, 0.25) is 10.0 Å². The van der Waals surface area contributed by atoms with Crippen LogP contribution in [0.25, 0.3) is 6.08 Å². The van der Waals surface area contributed by atoms with Crippen molar-refractivity contribution in [1.29, 1.82) is 0 Å². The Morgan fingerprint density at radius 2 is 1.82 bits per heavy atom. The molecule has 2 fully saturated rings. The van der Waals surface area contributed by atoms with E-state index in [4.69, 9.17) is 27.9 Å². The molecule has 182 valence electrons. The Bertz CT molecular complexity index is 825. The Morgan fingerprint density at radius 3 is 2.55 bits per heavy atom. The topological polar surface area (TPSA) is 53.1 Å². The van der Waals surface area contributed by atoms with Gasteiger partial charge in [0.2, 0.25) is 11.8 Å². The second kappa shape index (κ2) is 13.3. The maximum absolute atomic E-state index is 12.6. The number of halogens is 2. The number of benzene rings is 1. The van der Waals surface area contributed by atoms with Crippen LogP contribution in [0.1, 0.15) is 37.7 Å². The normalized spacial score (nSPS) is 18.8. The zero-order valence-electron chi connectivity index (χ0n) is 19.5. The van der Waals surface area contributed by atoms with E-state index in [-0.39, 0.29) is 11.8 Å². The van der Waals surface area contributed by atoms with E-state index in [1.807, 2.05) is 11.0 Å². The van der Waals surface area contributed by atoms with Gasteiger partial charge in [-0.15, -0.1) is 0 Å². The summed E-state index contributed by atoms with van der Waals surface area (Å²) in [6, 6.07) is 5.25. The van der Waals surface area contributed by atoms with E-state index in [1.165, 1.54) is 18.9 Å². The highest BCUT2D eigenvalue weighted by atomic mass is 35.5. The van der Waals surface area contributed by atoms with Crippen molar-refractivity contribution in [2.24, 2.45) is 5.92 Å². The molecule has 33 heavy (non-hydrogen) atoms. The third-order valence-electron chi connectivity index (χ3n) is 6.52. The van der Waals surface area contributed by atoms with Gasteiger partial charge in [-0.25, -0.2) is 0 Å². The molecule has 0 atom stereocenters.